The third kappa shape index (κ3) is 5.70. The van der Waals surface area contributed by atoms with Gasteiger partial charge in [0.2, 0.25) is 5.91 Å². The second kappa shape index (κ2) is 9.90. The molecule has 1 aliphatic heterocycles. The maximum atomic E-state index is 13.0. The van der Waals surface area contributed by atoms with Crippen molar-refractivity contribution in [3.63, 3.8) is 0 Å². The fraction of sp³-hybridized carbons (Fsp3) is 0.391. The SMILES string of the molecule is COc1cc2nc(C)nc(NCc3cc(C(F)(F)F)ccn3)c2cc1OC[C@@H]1CN(C)C(=O)CO1. The molecule has 1 atom stereocenters. The standard InChI is InChI=1S/C23H24F3N5O4/c1-13-29-18-8-19(33-3)20(35-11-16-10-31(2)21(32)12-34-16)7-17(18)22(30-13)28-9-15-6-14(4-5-27-15)23(24,25)26/h4-8,16H,9-12H2,1-3H3,(H,28,29,30)/t16-/m0/s1. The molecule has 12 heteroatoms. The topological polar surface area (TPSA) is 98.7 Å². The third-order valence-electron chi connectivity index (χ3n) is 5.44. The molecule has 3 aromatic rings. The van der Waals surface area contributed by atoms with Crippen LogP contribution in [0.25, 0.3) is 10.9 Å². The summed E-state index contributed by atoms with van der Waals surface area (Å²) in [4.78, 5) is 26.1. The number of carbonyl (C=O) groups excluding carboxylic acids is 1. The van der Waals surface area contributed by atoms with E-state index in [0.717, 1.165) is 18.3 Å². The minimum Gasteiger partial charge on any atom is -0.493 e. The lowest BCUT2D eigenvalue weighted by molar-refractivity contribution is -0.148. The van der Waals surface area contributed by atoms with Gasteiger partial charge in [0, 0.05) is 31.2 Å². The number of fused-ring (bicyclic) bond motifs is 1. The van der Waals surface area contributed by atoms with E-state index in [9.17, 15) is 18.0 Å². The fourth-order valence-electron chi connectivity index (χ4n) is 3.63. The highest BCUT2D eigenvalue weighted by Gasteiger charge is 2.30. The van der Waals surface area contributed by atoms with Crippen molar-refractivity contribution in [2.75, 3.05) is 39.2 Å². The number of rotatable bonds is 7. The molecule has 9 nitrogen and oxygen atoms in total. The Bertz CT molecular complexity index is 1240. The lowest BCUT2D eigenvalue weighted by Gasteiger charge is -2.29. The Labute approximate surface area is 199 Å². The number of nitrogens with zero attached hydrogens (tertiary/aromatic N) is 4. The zero-order valence-corrected chi connectivity index (χ0v) is 19.3. The zero-order valence-electron chi connectivity index (χ0n) is 19.3. The summed E-state index contributed by atoms with van der Waals surface area (Å²) in [7, 11) is 3.20. The minimum atomic E-state index is -4.46. The fourth-order valence-corrected chi connectivity index (χ4v) is 3.63. The van der Waals surface area contributed by atoms with Crippen LogP contribution in [-0.4, -0.2) is 65.8 Å². The van der Waals surface area contributed by atoms with E-state index in [2.05, 4.69) is 20.3 Å². The van der Waals surface area contributed by atoms with Crippen molar-refractivity contribution in [2.24, 2.45) is 0 Å². The van der Waals surface area contributed by atoms with Crippen LogP contribution >= 0.6 is 0 Å². The molecule has 186 valence electrons. The van der Waals surface area contributed by atoms with Crippen molar-refractivity contribution in [1.29, 1.82) is 0 Å². The molecule has 1 amide bonds. The lowest BCUT2D eigenvalue weighted by Crippen LogP contribution is -2.46. The first kappa shape index (κ1) is 24.5. The average Bonchev–Trinajstić information content (AvgIpc) is 2.82. The Hall–Kier alpha value is -3.67. The summed E-state index contributed by atoms with van der Waals surface area (Å²) in [6.45, 7) is 2.30. The van der Waals surface area contributed by atoms with Gasteiger partial charge in [-0.25, -0.2) is 9.97 Å². The van der Waals surface area contributed by atoms with Crippen molar-refractivity contribution < 1.29 is 32.2 Å². The van der Waals surface area contributed by atoms with Crippen molar-refractivity contribution in [2.45, 2.75) is 25.7 Å². The number of likely N-dealkylation sites (N-methyl/N-ethyl adjacent to an activating group) is 1. The van der Waals surface area contributed by atoms with Crippen LogP contribution in [0.15, 0.2) is 30.5 Å². The number of morpholine rings is 1. The number of methoxy groups -OCH3 is 1. The van der Waals surface area contributed by atoms with E-state index in [-0.39, 0.29) is 37.5 Å². The van der Waals surface area contributed by atoms with Gasteiger partial charge in [0.05, 0.1) is 30.4 Å². The molecule has 0 unspecified atom stereocenters. The predicted octanol–water partition coefficient (Wildman–Crippen LogP) is 3.21. The molecule has 2 aromatic heterocycles. The maximum Gasteiger partial charge on any atom is 0.416 e. The average molecular weight is 491 g/mol. The Morgan fingerprint density at radius 2 is 2.03 bits per heavy atom. The molecule has 1 aliphatic rings. The molecule has 1 fully saturated rings. The molecule has 0 bridgehead atoms. The lowest BCUT2D eigenvalue weighted by atomic mass is 10.2. The van der Waals surface area contributed by atoms with E-state index in [4.69, 9.17) is 14.2 Å². The second-order valence-electron chi connectivity index (χ2n) is 8.05. The van der Waals surface area contributed by atoms with Crippen LogP contribution in [0.1, 0.15) is 17.1 Å². The normalized spacial score (nSPS) is 16.5. The Kier molecular flexibility index (Phi) is 6.92. The van der Waals surface area contributed by atoms with Gasteiger partial charge in [0.25, 0.3) is 0 Å². The highest BCUT2D eigenvalue weighted by molar-refractivity contribution is 5.91. The number of aryl methyl sites for hydroxylation is 1. The van der Waals surface area contributed by atoms with Crippen molar-refractivity contribution >= 4 is 22.6 Å². The van der Waals surface area contributed by atoms with Crippen LogP contribution in [0.3, 0.4) is 0 Å². The summed E-state index contributed by atoms with van der Waals surface area (Å²) < 4.78 is 56.0. The number of carbonyl (C=O) groups is 1. The first-order valence-corrected chi connectivity index (χ1v) is 10.7. The molecular formula is C23H24F3N5O4. The van der Waals surface area contributed by atoms with Gasteiger partial charge in [-0.05, 0) is 25.1 Å². The summed E-state index contributed by atoms with van der Waals surface area (Å²) in [5.41, 5.74) is 0.00788. The number of anilines is 1. The Balaban J connectivity index is 1.57. The quantitative estimate of drug-likeness (QED) is 0.538. The highest BCUT2D eigenvalue weighted by atomic mass is 19.4. The number of ether oxygens (including phenoxy) is 3. The first-order chi connectivity index (χ1) is 16.6. The molecular weight excluding hydrogens is 467 g/mol. The number of halogens is 3. The summed E-state index contributed by atoms with van der Waals surface area (Å²) in [6, 6.07) is 5.32. The maximum absolute atomic E-state index is 13.0. The van der Waals surface area contributed by atoms with Gasteiger partial charge < -0.3 is 24.4 Å². The summed E-state index contributed by atoms with van der Waals surface area (Å²) in [5.74, 6) is 1.65. The number of hydrogen-bond acceptors (Lipinski definition) is 8. The van der Waals surface area contributed by atoms with Gasteiger partial charge in [-0.1, -0.05) is 0 Å². The van der Waals surface area contributed by atoms with Gasteiger partial charge in [0.15, 0.2) is 11.5 Å². The van der Waals surface area contributed by atoms with Crippen LogP contribution in [0, 0.1) is 6.92 Å². The van der Waals surface area contributed by atoms with Crippen molar-refractivity contribution in [1.82, 2.24) is 19.9 Å². The largest absolute Gasteiger partial charge is 0.493 e. The van der Waals surface area contributed by atoms with Crippen LogP contribution in [-0.2, 0) is 22.3 Å². The number of alkyl halides is 3. The first-order valence-electron chi connectivity index (χ1n) is 10.7. The second-order valence-corrected chi connectivity index (χ2v) is 8.05. The summed E-state index contributed by atoms with van der Waals surface area (Å²) in [6.07, 6.45) is -3.64. The van der Waals surface area contributed by atoms with E-state index >= 15 is 0 Å². The summed E-state index contributed by atoms with van der Waals surface area (Å²) in [5, 5.41) is 3.65. The van der Waals surface area contributed by atoms with Crippen LogP contribution < -0.4 is 14.8 Å². The minimum absolute atomic E-state index is 0.00978. The molecule has 0 aliphatic carbocycles. The van der Waals surface area contributed by atoms with Crippen LogP contribution in [0.4, 0.5) is 19.0 Å². The number of amides is 1. The van der Waals surface area contributed by atoms with Gasteiger partial charge in [-0.2, -0.15) is 13.2 Å². The van der Waals surface area contributed by atoms with E-state index in [1.54, 1.807) is 31.0 Å². The van der Waals surface area contributed by atoms with Crippen LogP contribution in [0.2, 0.25) is 0 Å². The molecule has 1 aromatic carbocycles. The van der Waals surface area contributed by atoms with Crippen molar-refractivity contribution in [3.8, 4) is 11.5 Å². The van der Waals surface area contributed by atoms with E-state index in [1.165, 1.54) is 7.11 Å². The molecule has 3 heterocycles. The zero-order chi connectivity index (χ0) is 25.2. The van der Waals surface area contributed by atoms with Gasteiger partial charge in [-0.3, -0.25) is 9.78 Å². The van der Waals surface area contributed by atoms with Gasteiger partial charge in [-0.15, -0.1) is 0 Å². The predicted molar refractivity (Wildman–Crippen MR) is 120 cm³/mol. The molecule has 1 N–H and O–H groups in total. The number of aromatic nitrogens is 3. The van der Waals surface area contributed by atoms with Crippen molar-refractivity contribution in [3.05, 3.63) is 47.5 Å². The highest BCUT2D eigenvalue weighted by Crippen LogP contribution is 2.35. The number of benzene rings is 1. The molecule has 1 saturated heterocycles. The third-order valence-corrected chi connectivity index (χ3v) is 5.44. The monoisotopic (exact) mass is 491 g/mol. The number of pyridine rings is 1. The van der Waals surface area contributed by atoms with Crippen LogP contribution in [0.5, 0.6) is 11.5 Å². The van der Waals surface area contributed by atoms with E-state index < -0.39 is 11.7 Å². The number of hydrogen-bond donors (Lipinski definition) is 1. The Morgan fingerprint density at radius 3 is 2.74 bits per heavy atom. The van der Waals surface area contributed by atoms with E-state index in [1.807, 2.05) is 0 Å². The molecule has 0 spiro atoms. The van der Waals surface area contributed by atoms with E-state index in [0.29, 0.717) is 40.6 Å². The number of nitrogens with one attached hydrogen (secondary N) is 1. The molecule has 35 heavy (non-hydrogen) atoms. The molecule has 0 saturated carbocycles. The smallest absolute Gasteiger partial charge is 0.416 e. The molecule has 4 rings (SSSR count). The molecule has 0 radical (unpaired) electrons. The summed E-state index contributed by atoms with van der Waals surface area (Å²) >= 11 is 0. The Morgan fingerprint density at radius 1 is 1.23 bits per heavy atom. The van der Waals surface area contributed by atoms with Gasteiger partial charge >= 0.3 is 6.18 Å². The van der Waals surface area contributed by atoms with Gasteiger partial charge in [0.1, 0.15) is 31.0 Å².